The molecule has 6 nitrogen and oxygen atoms in total. The van der Waals surface area contributed by atoms with Crippen molar-refractivity contribution < 1.29 is 9.21 Å². The Labute approximate surface area is 174 Å². The molecule has 2 aliphatic rings. The van der Waals surface area contributed by atoms with Crippen LogP contribution in [-0.2, 0) is 4.79 Å². The second-order valence-electron chi connectivity index (χ2n) is 7.12. The number of amidine groups is 1. The lowest BCUT2D eigenvalue weighted by Gasteiger charge is -2.34. The second-order valence-corrected chi connectivity index (χ2v) is 8.12. The molecule has 0 radical (unpaired) electrons. The average molecular weight is 407 g/mol. The van der Waals surface area contributed by atoms with Gasteiger partial charge in [0, 0.05) is 50.8 Å². The van der Waals surface area contributed by atoms with Crippen molar-refractivity contribution >= 4 is 28.9 Å². The summed E-state index contributed by atoms with van der Waals surface area (Å²) in [6.45, 7) is 6.25. The van der Waals surface area contributed by atoms with E-state index in [9.17, 15) is 4.79 Å². The molecule has 7 heteroatoms. The number of aliphatic imine (C=N–C) groups is 1. The first-order valence-corrected chi connectivity index (χ1v) is 10.5. The fourth-order valence-corrected chi connectivity index (χ4v) is 4.28. The lowest BCUT2D eigenvalue weighted by molar-refractivity contribution is -0.113. The van der Waals surface area contributed by atoms with E-state index in [4.69, 9.17) is 9.68 Å². The highest BCUT2D eigenvalue weighted by atomic mass is 32.2. The van der Waals surface area contributed by atoms with E-state index in [0.717, 1.165) is 49.2 Å². The van der Waals surface area contributed by atoms with Crippen molar-refractivity contribution in [1.29, 1.82) is 5.26 Å². The minimum Gasteiger partial charge on any atom is -0.457 e. The predicted octanol–water partition coefficient (Wildman–Crippen LogP) is 3.76. The Kier molecular flexibility index (Phi) is 5.84. The highest BCUT2D eigenvalue weighted by Gasteiger charge is 2.28. The van der Waals surface area contributed by atoms with Crippen molar-refractivity contribution in [3.05, 3.63) is 52.6 Å². The van der Waals surface area contributed by atoms with Gasteiger partial charge in [-0.15, -0.1) is 0 Å². The van der Waals surface area contributed by atoms with Crippen LogP contribution >= 0.6 is 11.8 Å². The Morgan fingerprint density at radius 3 is 2.66 bits per heavy atom. The van der Waals surface area contributed by atoms with E-state index in [1.165, 1.54) is 17.3 Å². The van der Waals surface area contributed by atoms with Crippen molar-refractivity contribution in [3.8, 4) is 17.4 Å². The quantitative estimate of drug-likeness (QED) is 0.720. The summed E-state index contributed by atoms with van der Waals surface area (Å²) in [7, 11) is 0. The molecule has 2 aromatic rings. The molecular formula is C22H22N4O2S. The lowest BCUT2D eigenvalue weighted by atomic mass is 10.1. The van der Waals surface area contributed by atoms with Crippen LogP contribution in [0.1, 0.15) is 17.7 Å². The van der Waals surface area contributed by atoms with E-state index in [-0.39, 0.29) is 5.91 Å². The van der Waals surface area contributed by atoms with Crippen molar-refractivity contribution in [2.45, 2.75) is 13.3 Å². The van der Waals surface area contributed by atoms with Crippen molar-refractivity contribution in [1.82, 2.24) is 9.80 Å². The average Bonchev–Trinajstić information content (AvgIpc) is 3.35. The molecule has 1 aromatic carbocycles. The molecule has 29 heavy (non-hydrogen) atoms. The van der Waals surface area contributed by atoms with E-state index in [1.807, 2.05) is 36.4 Å². The number of piperazine rings is 1. The monoisotopic (exact) mass is 406 g/mol. The maximum Gasteiger partial charge on any atom is 0.286 e. The van der Waals surface area contributed by atoms with Crippen LogP contribution < -0.4 is 0 Å². The van der Waals surface area contributed by atoms with Crippen LogP contribution in [0, 0.1) is 18.3 Å². The molecule has 0 N–H and O–H groups in total. The van der Waals surface area contributed by atoms with Gasteiger partial charge in [-0.25, -0.2) is 0 Å². The summed E-state index contributed by atoms with van der Waals surface area (Å²) in [4.78, 5) is 21.6. The van der Waals surface area contributed by atoms with E-state index >= 15 is 0 Å². The van der Waals surface area contributed by atoms with Gasteiger partial charge in [0.25, 0.3) is 5.91 Å². The molecule has 1 aromatic heterocycles. The highest BCUT2D eigenvalue weighted by Crippen LogP contribution is 2.32. The minimum absolute atomic E-state index is 0.217. The molecule has 4 rings (SSSR count). The Morgan fingerprint density at radius 2 is 1.93 bits per heavy atom. The van der Waals surface area contributed by atoms with Gasteiger partial charge in [-0.2, -0.15) is 10.3 Å². The number of hydrogen-bond donors (Lipinski definition) is 0. The predicted molar refractivity (Wildman–Crippen MR) is 115 cm³/mol. The normalized spacial score (nSPS) is 18.9. The van der Waals surface area contributed by atoms with Gasteiger partial charge in [-0.1, -0.05) is 29.8 Å². The van der Waals surface area contributed by atoms with E-state index in [2.05, 4.69) is 27.8 Å². The fourth-order valence-electron chi connectivity index (χ4n) is 3.34. The molecular weight excluding hydrogens is 384 g/mol. The molecule has 3 heterocycles. The van der Waals surface area contributed by atoms with Gasteiger partial charge in [0.2, 0.25) is 0 Å². The number of thioether (sulfide) groups is 1. The number of benzene rings is 1. The number of carbonyl (C=O) groups is 1. The van der Waals surface area contributed by atoms with E-state index in [0.29, 0.717) is 17.1 Å². The van der Waals surface area contributed by atoms with Gasteiger partial charge in [-0.05, 0) is 30.8 Å². The number of hydrogen-bond acceptors (Lipinski definition) is 6. The first-order chi connectivity index (χ1) is 14.1. The molecule has 2 aliphatic heterocycles. The van der Waals surface area contributed by atoms with Crippen molar-refractivity contribution in [2.75, 3.05) is 32.7 Å². The molecule has 1 saturated heterocycles. The van der Waals surface area contributed by atoms with Crippen LogP contribution in [0.15, 0.2) is 50.7 Å². The summed E-state index contributed by atoms with van der Waals surface area (Å²) in [6.07, 6.45) is 2.32. The number of furan rings is 1. The molecule has 0 atom stereocenters. The largest absolute Gasteiger partial charge is 0.457 e. The highest BCUT2D eigenvalue weighted by molar-refractivity contribution is 8.18. The number of aryl methyl sites for hydroxylation is 1. The summed E-state index contributed by atoms with van der Waals surface area (Å²) in [6, 6.07) is 14.1. The number of amides is 1. The van der Waals surface area contributed by atoms with Gasteiger partial charge < -0.3 is 9.32 Å². The number of nitrogens with zero attached hydrogens (tertiary/aromatic N) is 4. The Hall–Kier alpha value is -2.82. The van der Waals surface area contributed by atoms with Gasteiger partial charge >= 0.3 is 0 Å². The van der Waals surface area contributed by atoms with Gasteiger partial charge in [0.05, 0.1) is 11.0 Å². The molecule has 1 fully saturated rings. The van der Waals surface area contributed by atoms with Crippen molar-refractivity contribution in [3.63, 3.8) is 0 Å². The maximum atomic E-state index is 12.4. The first kappa shape index (κ1) is 19.5. The number of carbonyl (C=O) groups excluding carboxylic acids is 1. The second kappa shape index (κ2) is 8.68. The van der Waals surface area contributed by atoms with Gasteiger partial charge in [-0.3, -0.25) is 9.69 Å². The van der Waals surface area contributed by atoms with Crippen LogP contribution in [0.4, 0.5) is 0 Å². The molecule has 1 amide bonds. The molecule has 0 spiro atoms. The molecule has 0 saturated carbocycles. The van der Waals surface area contributed by atoms with Crippen LogP contribution in [0.25, 0.3) is 17.4 Å². The standard InChI is InChI=1S/C22H22N4O2S/c1-16-3-5-17(6-4-16)19-8-7-18(28-19)15-20-21(27)24-22(29-20)26-13-11-25(12-14-26)10-2-9-23/h3-8,15H,2,10-14H2,1H3/b20-15-. The lowest BCUT2D eigenvalue weighted by Crippen LogP contribution is -2.47. The summed E-state index contributed by atoms with van der Waals surface area (Å²) < 4.78 is 5.91. The summed E-state index contributed by atoms with van der Waals surface area (Å²) in [5.74, 6) is 1.21. The zero-order valence-electron chi connectivity index (χ0n) is 16.3. The third-order valence-electron chi connectivity index (χ3n) is 5.03. The Bertz CT molecular complexity index is 993. The van der Waals surface area contributed by atoms with Crippen molar-refractivity contribution in [2.24, 2.45) is 4.99 Å². The van der Waals surface area contributed by atoms with Crippen LogP contribution in [0.5, 0.6) is 0 Å². The Morgan fingerprint density at radius 1 is 1.17 bits per heavy atom. The summed E-state index contributed by atoms with van der Waals surface area (Å²) >= 11 is 1.40. The third-order valence-corrected chi connectivity index (χ3v) is 6.07. The maximum absolute atomic E-state index is 12.4. The Balaban J connectivity index is 1.39. The van der Waals surface area contributed by atoms with Crippen LogP contribution in [-0.4, -0.2) is 53.6 Å². The van der Waals surface area contributed by atoms with Gasteiger partial charge in [0.1, 0.15) is 11.5 Å². The molecule has 0 bridgehead atoms. The van der Waals surface area contributed by atoms with Crippen LogP contribution in [0.2, 0.25) is 0 Å². The summed E-state index contributed by atoms with van der Waals surface area (Å²) in [5, 5.41) is 9.47. The fraction of sp³-hybridized carbons (Fsp3) is 0.318. The topological polar surface area (TPSA) is 72.8 Å². The number of nitriles is 1. The molecule has 148 valence electrons. The zero-order valence-corrected chi connectivity index (χ0v) is 17.1. The number of rotatable bonds is 4. The van der Waals surface area contributed by atoms with Gasteiger partial charge in [0.15, 0.2) is 5.17 Å². The summed E-state index contributed by atoms with van der Waals surface area (Å²) in [5.41, 5.74) is 2.21. The SMILES string of the molecule is Cc1ccc(-c2ccc(/C=C3\SC(N4CCN(CCC#N)CC4)=NC3=O)o2)cc1. The third kappa shape index (κ3) is 4.61. The smallest absolute Gasteiger partial charge is 0.286 e. The first-order valence-electron chi connectivity index (χ1n) is 9.66. The minimum atomic E-state index is -0.217. The van der Waals surface area contributed by atoms with E-state index in [1.54, 1.807) is 6.08 Å². The van der Waals surface area contributed by atoms with E-state index < -0.39 is 0 Å². The molecule has 0 unspecified atom stereocenters. The van der Waals surface area contributed by atoms with Crippen LogP contribution in [0.3, 0.4) is 0 Å². The molecule has 0 aliphatic carbocycles. The zero-order chi connectivity index (χ0) is 20.2.